The number of sulfonamides is 1. The molecule has 0 aromatic carbocycles. The molecule has 1 aromatic heterocycles. The molecule has 1 saturated heterocycles. The Morgan fingerprint density at radius 1 is 1.50 bits per heavy atom. The molecule has 0 amide bonds. The van der Waals surface area contributed by atoms with Crippen molar-refractivity contribution in [2.24, 2.45) is 5.92 Å². The number of nitrogens with one attached hydrogen (secondary N) is 2. The maximum absolute atomic E-state index is 12.2. The normalized spacial score (nSPS) is 19.1. The van der Waals surface area contributed by atoms with Crippen molar-refractivity contribution >= 4 is 22.4 Å². The highest BCUT2D eigenvalue weighted by Crippen LogP contribution is 2.14. The largest absolute Gasteiger partial charge is 0.316 e. The maximum Gasteiger partial charge on any atom is 0.257 e. The predicted octanol–water partition coefficient (Wildman–Crippen LogP) is 1.24. The second kappa shape index (κ2) is 8.76. The lowest BCUT2D eigenvalue weighted by Crippen LogP contribution is -2.33. The molecule has 22 heavy (non-hydrogen) atoms. The molecular weight excluding hydrogens is 338 g/mol. The summed E-state index contributed by atoms with van der Waals surface area (Å²) in [7, 11) is -3.67. The van der Waals surface area contributed by atoms with Gasteiger partial charge < -0.3 is 5.32 Å². The molecule has 0 radical (unpaired) electrons. The minimum atomic E-state index is -3.67. The molecule has 0 spiro atoms. The van der Waals surface area contributed by atoms with Crippen molar-refractivity contribution in [3.63, 3.8) is 0 Å². The van der Waals surface area contributed by atoms with Crippen LogP contribution < -0.4 is 10.0 Å². The number of piperidine rings is 1. The smallest absolute Gasteiger partial charge is 0.257 e. The highest BCUT2D eigenvalue weighted by atomic mass is 35.5. The van der Waals surface area contributed by atoms with Gasteiger partial charge in [0.25, 0.3) is 6.43 Å². The average molecular weight is 359 g/mol. The minimum Gasteiger partial charge on any atom is -0.316 e. The third kappa shape index (κ3) is 5.79. The van der Waals surface area contributed by atoms with Crippen LogP contribution >= 0.6 is 12.4 Å². The molecule has 2 rings (SSSR count). The van der Waals surface area contributed by atoms with E-state index in [1.54, 1.807) is 0 Å². The van der Waals surface area contributed by atoms with Crippen LogP contribution in [0.3, 0.4) is 0 Å². The summed E-state index contributed by atoms with van der Waals surface area (Å²) in [6.07, 6.45) is 2.62. The van der Waals surface area contributed by atoms with Crippen LogP contribution in [0.2, 0.25) is 0 Å². The fourth-order valence-electron chi connectivity index (χ4n) is 2.38. The van der Waals surface area contributed by atoms with Gasteiger partial charge in [0.2, 0.25) is 10.0 Å². The number of hydrogen-bond acceptors (Lipinski definition) is 4. The van der Waals surface area contributed by atoms with Gasteiger partial charge in [-0.2, -0.15) is 5.10 Å². The van der Waals surface area contributed by atoms with Crippen LogP contribution in [0.4, 0.5) is 8.78 Å². The Morgan fingerprint density at radius 2 is 2.27 bits per heavy atom. The summed E-state index contributed by atoms with van der Waals surface area (Å²) in [5, 5.41) is 6.90. The quantitative estimate of drug-likeness (QED) is 0.769. The summed E-state index contributed by atoms with van der Waals surface area (Å²) in [6, 6.07) is 0. The third-order valence-electron chi connectivity index (χ3n) is 3.49. The Labute approximate surface area is 135 Å². The SMILES string of the molecule is Cl.O=S(=O)(NCCC1CCCNC1)c1cnn(CC(F)F)c1. The van der Waals surface area contributed by atoms with Crippen LogP contribution in [0.1, 0.15) is 19.3 Å². The molecule has 0 saturated carbocycles. The lowest BCUT2D eigenvalue weighted by atomic mass is 9.96. The van der Waals surface area contributed by atoms with Crippen LogP contribution in [-0.4, -0.2) is 44.3 Å². The molecule has 6 nitrogen and oxygen atoms in total. The highest BCUT2D eigenvalue weighted by Gasteiger charge is 2.19. The highest BCUT2D eigenvalue weighted by molar-refractivity contribution is 7.89. The van der Waals surface area contributed by atoms with E-state index in [2.05, 4.69) is 15.1 Å². The van der Waals surface area contributed by atoms with Gasteiger partial charge in [0.1, 0.15) is 11.4 Å². The lowest BCUT2D eigenvalue weighted by molar-refractivity contribution is 0.121. The molecule has 2 heterocycles. The Bertz CT molecular complexity index is 547. The fraction of sp³-hybridized carbons (Fsp3) is 0.750. The number of alkyl halides is 2. The van der Waals surface area contributed by atoms with Crippen LogP contribution in [-0.2, 0) is 16.6 Å². The zero-order valence-corrected chi connectivity index (χ0v) is 13.7. The van der Waals surface area contributed by atoms with Crippen LogP contribution in [0.15, 0.2) is 17.3 Å². The molecule has 1 unspecified atom stereocenters. The Hall–Kier alpha value is -0.770. The van der Waals surface area contributed by atoms with Crippen LogP contribution in [0.5, 0.6) is 0 Å². The number of aromatic nitrogens is 2. The van der Waals surface area contributed by atoms with Gasteiger partial charge in [-0.25, -0.2) is 21.9 Å². The van der Waals surface area contributed by atoms with E-state index in [-0.39, 0.29) is 17.3 Å². The topological polar surface area (TPSA) is 76.0 Å². The summed E-state index contributed by atoms with van der Waals surface area (Å²) in [5.41, 5.74) is 0. The molecule has 0 bridgehead atoms. The van der Waals surface area contributed by atoms with Gasteiger partial charge in [-0.05, 0) is 38.3 Å². The van der Waals surface area contributed by atoms with Gasteiger partial charge in [-0.1, -0.05) is 0 Å². The van der Waals surface area contributed by atoms with Gasteiger partial charge in [-0.15, -0.1) is 12.4 Å². The van der Waals surface area contributed by atoms with Crippen molar-refractivity contribution in [2.75, 3.05) is 19.6 Å². The minimum absolute atomic E-state index is 0. The third-order valence-corrected chi connectivity index (χ3v) is 4.90. The van der Waals surface area contributed by atoms with Gasteiger partial charge in [0.05, 0.1) is 6.20 Å². The zero-order chi connectivity index (χ0) is 15.3. The molecular formula is C12H21ClF2N4O2S. The van der Waals surface area contributed by atoms with Crippen molar-refractivity contribution in [3.8, 4) is 0 Å². The van der Waals surface area contributed by atoms with E-state index in [1.807, 2.05) is 0 Å². The first-order valence-electron chi connectivity index (χ1n) is 6.98. The molecule has 0 aliphatic carbocycles. The number of nitrogens with zero attached hydrogens (tertiary/aromatic N) is 2. The van der Waals surface area contributed by atoms with E-state index in [9.17, 15) is 17.2 Å². The monoisotopic (exact) mass is 358 g/mol. The standard InChI is InChI=1S/C12H20F2N4O2S.ClH/c13-12(14)9-18-8-11(7-16-18)21(19,20)17-5-3-10-2-1-4-15-6-10;/h7-8,10,12,15,17H,1-6,9H2;1H. The van der Waals surface area contributed by atoms with E-state index in [0.29, 0.717) is 12.5 Å². The summed E-state index contributed by atoms with van der Waals surface area (Å²) in [4.78, 5) is -0.0788. The fourth-order valence-corrected chi connectivity index (χ4v) is 3.38. The van der Waals surface area contributed by atoms with Gasteiger partial charge in [-0.3, -0.25) is 4.68 Å². The molecule has 128 valence electrons. The lowest BCUT2D eigenvalue weighted by Gasteiger charge is -2.22. The summed E-state index contributed by atoms with van der Waals surface area (Å²) < 4.78 is 51.8. The number of rotatable bonds is 7. The van der Waals surface area contributed by atoms with Gasteiger partial charge in [0, 0.05) is 12.7 Å². The molecule has 1 fully saturated rings. The van der Waals surface area contributed by atoms with E-state index in [4.69, 9.17) is 0 Å². The van der Waals surface area contributed by atoms with E-state index in [1.165, 1.54) is 0 Å². The molecule has 2 N–H and O–H groups in total. The zero-order valence-electron chi connectivity index (χ0n) is 12.0. The van der Waals surface area contributed by atoms with Crippen LogP contribution in [0, 0.1) is 5.92 Å². The van der Waals surface area contributed by atoms with Crippen molar-refractivity contribution < 1.29 is 17.2 Å². The Balaban J connectivity index is 0.00000242. The van der Waals surface area contributed by atoms with Gasteiger partial charge >= 0.3 is 0 Å². The first-order chi connectivity index (χ1) is 9.97. The average Bonchev–Trinajstić information content (AvgIpc) is 2.88. The van der Waals surface area contributed by atoms with Crippen LogP contribution in [0.25, 0.3) is 0 Å². The molecule has 1 atom stereocenters. The predicted molar refractivity (Wildman–Crippen MR) is 80.9 cm³/mol. The maximum atomic E-state index is 12.2. The van der Waals surface area contributed by atoms with E-state index < -0.39 is 23.0 Å². The molecule has 1 aromatic rings. The second-order valence-electron chi connectivity index (χ2n) is 5.19. The summed E-state index contributed by atoms with van der Waals surface area (Å²) >= 11 is 0. The first-order valence-corrected chi connectivity index (χ1v) is 8.46. The number of hydrogen-bond donors (Lipinski definition) is 2. The summed E-state index contributed by atoms with van der Waals surface area (Å²) in [6.45, 7) is 1.66. The van der Waals surface area contributed by atoms with E-state index in [0.717, 1.165) is 49.4 Å². The summed E-state index contributed by atoms with van der Waals surface area (Å²) in [5.74, 6) is 0.475. The molecule has 1 aliphatic rings. The van der Waals surface area contributed by atoms with Gasteiger partial charge in [0.15, 0.2) is 0 Å². The van der Waals surface area contributed by atoms with Crippen molar-refractivity contribution in [2.45, 2.75) is 37.1 Å². The molecule has 10 heteroatoms. The Morgan fingerprint density at radius 3 is 2.91 bits per heavy atom. The number of halogens is 3. The van der Waals surface area contributed by atoms with Crippen molar-refractivity contribution in [1.82, 2.24) is 19.8 Å². The second-order valence-corrected chi connectivity index (χ2v) is 6.95. The Kier molecular flexibility index (Phi) is 7.67. The first kappa shape index (κ1) is 19.3. The van der Waals surface area contributed by atoms with E-state index >= 15 is 0 Å². The van der Waals surface area contributed by atoms with Crippen molar-refractivity contribution in [3.05, 3.63) is 12.4 Å². The van der Waals surface area contributed by atoms with Crippen molar-refractivity contribution in [1.29, 1.82) is 0 Å². The molecule has 1 aliphatic heterocycles.